The molecule has 4 atom stereocenters. The minimum atomic E-state index is -0.242. The summed E-state index contributed by atoms with van der Waals surface area (Å²) >= 11 is 0. The lowest BCUT2D eigenvalue weighted by atomic mass is 9.77. The third kappa shape index (κ3) is 4.81. The van der Waals surface area contributed by atoms with Crippen LogP contribution in [0.2, 0.25) is 0 Å². The molecular formula is C15H28O2. The Morgan fingerprint density at radius 3 is 2.65 bits per heavy atom. The van der Waals surface area contributed by atoms with Crippen LogP contribution in [-0.4, -0.2) is 22.9 Å². The number of allylic oxidation sites excluding steroid dienone is 1. The quantitative estimate of drug-likeness (QED) is 0.700. The van der Waals surface area contributed by atoms with Crippen molar-refractivity contribution >= 4 is 0 Å². The van der Waals surface area contributed by atoms with Gasteiger partial charge in [0.25, 0.3) is 0 Å². The lowest BCUT2D eigenvalue weighted by molar-refractivity contribution is 0.0969. The van der Waals surface area contributed by atoms with Gasteiger partial charge in [-0.1, -0.05) is 38.3 Å². The zero-order valence-electron chi connectivity index (χ0n) is 11.5. The zero-order valence-corrected chi connectivity index (χ0v) is 11.5. The molecule has 2 N–H and O–H groups in total. The van der Waals surface area contributed by atoms with Crippen molar-refractivity contribution in [3.63, 3.8) is 0 Å². The maximum absolute atomic E-state index is 10.0. The minimum absolute atomic E-state index is 0.242. The highest BCUT2D eigenvalue weighted by atomic mass is 16.3. The van der Waals surface area contributed by atoms with Crippen molar-refractivity contribution in [3.8, 4) is 0 Å². The van der Waals surface area contributed by atoms with Gasteiger partial charge in [0.1, 0.15) is 0 Å². The average molecular weight is 240 g/mol. The summed E-state index contributed by atoms with van der Waals surface area (Å²) in [5.74, 6) is 1.43. The molecule has 0 bridgehead atoms. The van der Waals surface area contributed by atoms with Crippen molar-refractivity contribution in [1.29, 1.82) is 0 Å². The first-order valence-corrected chi connectivity index (χ1v) is 7.00. The van der Waals surface area contributed by atoms with E-state index in [-0.39, 0.29) is 6.10 Å². The summed E-state index contributed by atoms with van der Waals surface area (Å²) in [4.78, 5) is 0. The van der Waals surface area contributed by atoms with Crippen molar-refractivity contribution in [1.82, 2.24) is 0 Å². The molecule has 1 aliphatic rings. The molecule has 0 aromatic rings. The zero-order chi connectivity index (χ0) is 12.8. The molecule has 0 aromatic heterocycles. The van der Waals surface area contributed by atoms with Crippen molar-refractivity contribution in [2.45, 2.75) is 59.0 Å². The summed E-state index contributed by atoms with van der Waals surface area (Å²) in [5.41, 5.74) is 1.33. The molecule has 2 nitrogen and oxygen atoms in total. The van der Waals surface area contributed by atoms with Gasteiger partial charge in [-0.15, -0.1) is 0 Å². The van der Waals surface area contributed by atoms with Gasteiger partial charge in [-0.3, -0.25) is 0 Å². The van der Waals surface area contributed by atoms with E-state index in [9.17, 15) is 5.11 Å². The molecule has 2 heteroatoms. The van der Waals surface area contributed by atoms with Gasteiger partial charge in [0.05, 0.1) is 6.10 Å². The lowest BCUT2D eigenvalue weighted by Gasteiger charge is -2.31. The van der Waals surface area contributed by atoms with E-state index in [2.05, 4.69) is 20.8 Å². The number of rotatable bonds is 6. The number of hydrogen-bond acceptors (Lipinski definition) is 2. The maximum Gasteiger partial charge on any atom is 0.0754 e. The third-order valence-corrected chi connectivity index (χ3v) is 4.16. The molecule has 17 heavy (non-hydrogen) atoms. The van der Waals surface area contributed by atoms with Crippen molar-refractivity contribution < 1.29 is 10.2 Å². The van der Waals surface area contributed by atoms with Crippen LogP contribution in [0.4, 0.5) is 0 Å². The van der Waals surface area contributed by atoms with Gasteiger partial charge in [-0.2, -0.15) is 0 Å². The van der Waals surface area contributed by atoms with Crippen LogP contribution >= 0.6 is 0 Å². The Hall–Kier alpha value is -0.340. The fourth-order valence-corrected chi connectivity index (χ4v) is 2.78. The molecule has 4 unspecified atom stereocenters. The summed E-state index contributed by atoms with van der Waals surface area (Å²) in [7, 11) is 0. The van der Waals surface area contributed by atoms with Crippen LogP contribution in [0.5, 0.6) is 0 Å². The highest BCUT2D eigenvalue weighted by molar-refractivity contribution is 5.08. The Kier molecular flexibility index (Phi) is 6.21. The van der Waals surface area contributed by atoms with Gasteiger partial charge in [-0.25, -0.2) is 0 Å². The fraction of sp³-hybridized carbons (Fsp3) is 0.867. The van der Waals surface area contributed by atoms with Gasteiger partial charge in [0.15, 0.2) is 0 Å². The topological polar surface area (TPSA) is 40.5 Å². The minimum Gasteiger partial charge on any atom is -0.396 e. The van der Waals surface area contributed by atoms with Crippen LogP contribution in [0.1, 0.15) is 52.9 Å². The molecule has 1 aliphatic carbocycles. The predicted octanol–water partition coefficient (Wildman–Crippen LogP) is 3.14. The molecule has 0 amide bonds. The molecule has 0 saturated carbocycles. The van der Waals surface area contributed by atoms with Crippen LogP contribution in [0.25, 0.3) is 0 Å². The van der Waals surface area contributed by atoms with Crippen molar-refractivity contribution in [3.05, 3.63) is 11.6 Å². The van der Waals surface area contributed by atoms with Gasteiger partial charge in [-0.05, 0) is 43.9 Å². The molecule has 0 heterocycles. The van der Waals surface area contributed by atoms with Gasteiger partial charge in [0.2, 0.25) is 0 Å². The maximum atomic E-state index is 10.0. The number of aliphatic hydroxyl groups excluding tert-OH is 2. The Balaban J connectivity index is 2.30. The van der Waals surface area contributed by atoms with Crippen LogP contribution in [-0.2, 0) is 0 Å². The Morgan fingerprint density at radius 2 is 2.06 bits per heavy atom. The summed E-state index contributed by atoms with van der Waals surface area (Å²) in [6.45, 7) is 6.74. The first-order valence-electron chi connectivity index (χ1n) is 7.00. The molecule has 0 aliphatic heterocycles. The van der Waals surface area contributed by atoms with E-state index in [4.69, 9.17) is 5.11 Å². The summed E-state index contributed by atoms with van der Waals surface area (Å²) < 4.78 is 0. The van der Waals surface area contributed by atoms with Gasteiger partial charge in [0, 0.05) is 6.61 Å². The summed E-state index contributed by atoms with van der Waals surface area (Å²) in [6, 6.07) is 0. The van der Waals surface area contributed by atoms with E-state index in [0.29, 0.717) is 24.4 Å². The van der Waals surface area contributed by atoms with E-state index < -0.39 is 0 Å². The van der Waals surface area contributed by atoms with Gasteiger partial charge < -0.3 is 10.2 Å². The van der Waals surface area contributed by atoms with Crippen LogP contribution in [0.3, 0.4) is 0 Å². The first-order chi connectivity index (χ1) is 8.04. The highest BCUT2D eigenvalue weighted by Crippen LogP contribution is 2.32. The van der Waals surface area contributed by atoms with E-state index in [1.165, 1.54) is 12.0 Å². The van der Waals surface area contributed by atoms with E-state index >= 15 is 0 Å². The number of aliphatic hydroxyl groups is 2. The monoisotopic (exact) mass is 240 g/mol. The van der Waals surface area contributed by atoms with E-state index in [1.54, 1.807) is 0 Å². The summed E-state index contributed by atoms with van der Waals surface area (Å²) in [6.07, 6.45) is 7.47. The second-order valence-corrected chi connectivity index (χ2v) is 5.90. The average Bonchev–Trinajstić information content (AvgIpc) is 2.28. The van der Waals surface area contributed by atoms with Crippen LogP contribution < -0.4 is 0 Å². The van der Waals surface area contributed by atoms with Crippen LogP contribution in [0, 0.1) is 17.8 Å². The smallest absolute Gasteiger partial charge is 0.0754 e. The normalized spacial score (nSPS) is 28.6. The molecule has 0 spiro atoms. The SMILES string of the molecule is CC1=CC(O)C(C(C)CCCC(C)CO)CC1. The molecule has 0 saturated heterocycles. The van der Waals surface area contributed by atoms with E-state index in [0.717, 1.165) is 25.7 Å². The second kappa shape index (κ2) is 7.17. The second-order valence-electron chi connectivity index (χ2n) is 5.90. The standard InChI is InChI=1S/C15H28O2/c1-11-7-8-14(15(17)9-11)13(3)6-4-5-12(2)10-16/h9,12-17H,4-8,10H2,1-3H3. The lowest BCUT2D eigenvalue weighted by Crippen LogP contribution is -2.28. The highest BCUT2D eigenvalue weighted by Gasteiger charge is 2.26. The molecular weight excluding hydrogens is 212 g/mol. The molecule has 0 radical (unpaired) electrons. The van der Waals surface area contributed by atoms with Crippen LogP contribution in [0.15, 0.2) is 11.6 Å². The Labute approximate surface area is 106 Å². The summed E-state index contributed by atoms with van der Waals surface area (Å²) in [5, 5.41) is 19.0. The van der Waals surface area contributed by atoms with E-state index in [1.807, 2.05) is 6.08 Å². The van der Waals surface area contributed by atoms with Crippen molar-refractivity contribution in [2.75, 3.05) is 6.61 Å². The Bertz CT molecular complexity index is 247. The molecule has 0 aromatic carbocycles. The molecule has 100 valence electrons. The van der Waals surface area contributed by atoms with Crippen molar-refractivity contribution in [2.24, 2.45) is 17.8 Å². The first kappa shape index (κ1) is 14.7. The Morgan fingerprint density at radius 1 is 1.35 bits per heavy atom. The largest absolute Gasteiger partial charge is 0.396 e. The predicted molar refractivity (Wildman–Crippen MR) is 71.8 cm³/mol. The number of hydrogen-bond donors (Lipinski definition) is 2. The molecule has 0 fully saturated rings. The van der Waals surface area contributed by atoms with Gasteiger partial charge >= 0.3 is 0 Å². The fourth-order valence-electron chi connectivity index (χ4n) is 2.78. The third-order valence-electron chi connectivity index (χ3n) is 4.16. The molecule has 1 rings (SSSR count).